The predicted octanol–water partition coefficient (Wildman–Crippen LogP) is 3.29. The minimum Gasteiger partial charge on any atom is -0.346 e. The average Bonchev–Trinajstić information content (AvgIpc) is 3.02. The molecule has 1 aromatic heterocycles. The molecule has 0 amide bonds. The van der Waals surface area contributed by atoms with Crippen LogP contribution in [0.3, 0.4) is 0 Å². The van der Waals surface area contributed by atoms with E-state index in [1.807, 2.05) is 6.20 Å². The largest absolute Gasteiger partial charge is 0.346 e. The summed E-state index contributed by atoms with van der Waals surface area (Å²) in [4.78, 5) is 4.75. The third-order valence-corrected chi connectivity index (χ3v) is 5.53. The second-order valence-corrected chi connectivity index (χ2v) is 7.20. The number of nitrogens with zero attached hydrogens (tertiary/aromatic N) is 4. The maximum Gasteiger partial charge on any atom is 0.173 e. The second-order valence-electron chi connectivity index (χ2n) is 6.81. The molecule has 1 aliphatic heterocycles. The zero-order valence-electron chi connectivity index (χ0n) is 16.0. The van der Waals surface area contributed by atoms with E-state index in [1.165, 1.54) is 16.8 Å². The first-order chi connectivity index (χ1) is 12.6. The van der Waals surface area contributed by atoms with Gasteiger partial charge in [0.15, 0.2) is 5.11 Å². The highest BCUT2D eigenvalue weighted by Crippen LogP contribution is 2.15. The van der Waals surface area contributed by atoms with Crippen LogP contribution in [0.15, 0.2) is 30.5 Å². The third kappa shape index (κ3) is 4.43. The molecule has 1 aromatic carbocycles. The number of anilines is 1. The van der Waals surface area contributed by atoms with Gasteiger partial charge in [0.2, 0.25) is 0 Å². The van der Waals surface area contributed by atoms with Gasteiger partial charge in [0, 0.05) is 56.2 Å². The lowest BCUT2D eigenvalue weighted by Crippen LogP contribution is -2.49. The number of hydrogen-bond acceptors (Lipinski definition) is 3. The monoisotopic (exact) mass is 371 g/mol. The molecule has 0 aliphatic carbocycles. The fraction of sp³-hybridized carbons (Fsp3) is 0.500. The van der Waals surface area contributed by atoms with Gasteiger partial charge < -0.3 is 10.2 Å². The fourth-order valence-electron chi connectivity index (χ4n) is 3.34. The standard InChI is InChI=1S/C20H29N5S/c1-4-17-6-8-19(9-7-17)22-20(26)24-12-10-23(11-13-24)15-18-14-21-25(5-2)16(18)3/h6-9,14H,4-5,10-13,15H2,1-3H3,(H,22,26). The molecule has 5 nitrogen and oxygen atoms in total. The van der Waals surface area contributed by atoms with Crippen molar-refractivity contribution in [3.8, 4) is 0 Å². The lowest BCUT2D eigenvalue weighted by molar-refractivity contribution is 0.176. The Morgan fingerprint density at radius 1 is 1.12 bits per heavy atom. The first-order valence-electron chi connectivity index (χ1n) is 9.49. The predicted molar refractivity (Wildman–Crippen MR) is 112 cm³/mol. The first kappa shape index (κ1) is 18.9. The molecule has 1 fully saturated rings. The summed E-state index contributed by atoms with van der Waals surface area (Å²) in [5.74, 6) is 0. The molecule has 1 N–H and O–H groups in total. The van der Waals surface area contributed by atoms with Gasteiger partial charge in [0.25, 0.3) is 0 Å². The van der Waals surface area contributed by atoms with Crippen molar-refractivity contribution in [1.82, 2.24) is 19.6 Å². The highest BCUT2D eigenvalue weighted by atomic mass is 32.1. The topological polar surface area (TPSA) is 36.3 Å². The molecule has 1 aliphatic rings. The van der Waals surface area contributed by atoms with Crippen molar-refractivity contribution in [2.75, 3.05) is 31.5 Å². The summed E-state index contributed by atoms with van der Waals surface area (Å²) in [5, 5.41) is 8.65. The van der Waals surface area contributed by atoms with E-state index < -0.39 is 0 Å². The summed E-state index contributed by atoms with van der Waals surface area (Å²) < 4.78 is 2.06. The number of piperazine rings is 1. The van der Waals surface area contributed by atoms with E-state index in [-0.39, 0.29) is 0 Å². The smallest absolute Gasteiger partial charge is 0.173 e. The van der Waals surface area contributed by atoms with Crippen molar-refractivity contribution in [3.05, 3.63) is 47.3 Å². The van der Waals surface area contributed by atoms with Gasteiger partial charge in [-0.1, -0.05) is 19.1 Å². The van der Waals surface area contributed by atoms with Gasteiger partial charge >= 0.3 is 0 Å². The maximum atomic E-state index is 5.61. The summed E-state index contributed by atoms with van der Waals surface area (Å²) in [7, 11) is 0. The molecule has 3 rings (SSSR count). The quantitative estimate of drug-likeness (QED) is 0.816. The first-order valence-corrected chi connectivity index (χ1v) is 9.90. The van der Waals surface area contributed by atoms with Crippen molar-refractivity contribution in [1.29, 1.82) is 0 Å². The van der Waals surface area contributed by atoms with Crippen LogP contribution in [0.1, 0.15) is 30.7 Å². The molecule has 2 aromatic rings. The van der Waals surface area contributed by atoms with E-state index in [2.05, 4.69) is 69.9 Å². The lowest BCUT2D eigenvalue weighted by Gasteiger charge is -2.36. The molecule has 0 spiro atoms. The van der Waals surface area contributed by atoms with Crippen molar-refractivity contribution >= 4 is 23.0 Å². The van der Waals surface area contributed by atoms with Crippen LogP contribution in [-0.2, 0) is 19.5 Å². The molecule has 2 heterocycles. The van der Waals surface area contributed by atoms with Crippen molar-refractivity contribution in [3.63, 3.8) is 0 Å². The Morgan fingerprint density at radius 3 is 2.38 bits per heavy atom. The van der Waals surface area contributed by atoms with Gasteiger partial charge in [-0.3, -0.25) is 9.58 Å². The number of hydrogen-bond donors (Lipinski definition) is 1. The minimum atomic E-state index is 0.823. The van der Waals surface area contributed by atoms with Crippen LogP contribution in [-0.4, -0.2) is 50.9 Å². The Morgan fingerprint density at radius 2 is 1.81 bits per heavy atom. The number of aromatic nitrogens is 2. The Hall–Kier alpha value is -1.92. The molecule has 0 unspecified atom stereocenters. The fourth-order valence-corrected chi connectivity index (χ4v) is 3.64. The van der Waals surface area contributed by atoms with E-state index in [0.29, 0.717) is 0 Å². The molecule has 0 radical (unpaired) electrons. The molecular weight excluding hydrogens is 342 g/mol. The number of thiocarbonyl (C=S) groups is 1. The lowest BCUT2D eigenvalue weighted by atomic mass is 10.1. The SMILES string of the molecule is CCc1ccc(NC(=S)N2CCN(Cc3cnn(CC)c3C)CC2)cc1. The Bertz CT molecular complexity index is 729. The van der Waals surface area contributed by atoms with E-state index >= 15 is 0 Å². The van der Waals surface area contributed by atoms with E-state index in [4.69, 9.17) is 12.2 Å². The molecule has 0 atom stereocenters. The Balaban J connectivity index is 1.49. The number of aryl methyl sites for hydroxylation is 2. The van der Waals surface area contributed by atoms with Crippen LogP contribution in [0.25, 0.3) is 0 Å². The van der Waals surface area contributed by atoms with E-state index in [0.717, 1.165) is 56.5 Å². The van der Waals surface area contributed by atoms with Crippen LogP contribution in [0, 0.1) is 6.92 Å². The van der Waals surface area contributed by atoms with Crippen LogP contribution in [0.2, 0.25) is 0 Å². The zero-order chi connectivity index (χ0) is 18.5. The van der Waals surface area contributed by atoms with Gasteiger partial charge in [0.1, 0.15) is 0 Å². The number of nitrogens with one attached hydrogen (secondary N) is 1. The molecule has 6 heteroatoms. The summed E-state index contributed by atoms with van der Waals surface area (Å²) in [6, 6.07) is 8.52. The highest BCUT2D eigenvalue weighted by Gasteiger charge is 2.20. The number of benzene rings is 1. The minimum absolute atomic E-state index is 0.823. The average molecular weight is 372 g/mol. The van der Waals surface area contributed by atoms with E-state index in [1.54, 1.807) is 0 Å². The van der Waals surface area contributed by atoms with Crippen molar-refractivity contribution in [2.24, 2.45) is 0 Å². The molecule has 26 heavy (non-hydrogen) atoms. The van der Waals surface area contributed by atoms with Crippen molar-refractivity contribution < 1.29 is 0 Å². The number of rotatable bonds is 5. The molecule has 1 saturated heterocycles. The summed E-state index contributed by atoms with van der Waals surface area (Å²) >= 11 is 5.61. The maximum absolute atomic E-state index is 5.61. The van der Waals surface area contributed by atoms with Crippen LogP contribution < -0.4 is 5.32 Å². The molecular formula is C20H29N5S. The second kappa shape index (κ2) is 8.64. The van der Waals surface area contributed by atoms with Gasteiger partial charge in [0.05, 0.1) is 6.20 Å². The summed E-state index contributed by atoms with van der Waals surface area (Å²) in [6.45, 7) is 12.3. The van der Waals surface area contributed by atoms with Gasteiger partial charge in [-0.25, -0.2) is 0 Å². The molecule has 0 saturated carbocycles. The normalized spacial score (nSPS) is 15.3. The van der Waals surface area contributed by atoms with Crippen molar-refractivity contribution in [2.45, 2.75) is 40.3 Å². The van der Waals surface area contributed by atoms with E-state index in [9.17, 15) is 0 Å². The van der Waals surface area contributed by atoms with Crippen LogP contribution in [0.5, 0.6) is 0 Å². The summed E-state index contributed by atoms with van der Waals surface area (Å²) in [6.07, 6.45) is 3.07. The van der Waals surface area contributed by atoms with Crippen LogP contribution in [0.4, 0.5) is 5.69 Å². The molecule has 140 valence electrons. The zero-order valence-corrected chi connectivity index (χ0v) is 16.9. The summed E-state index contributed by atoms with van der Waals surface area (Å²) in [5.41, 5.74) is 5.02. The van der Waals surface area contributed by atoms with Gasteiger partial charge in [-0.05, 0) is 50.2 Å². The van der Waals surface area contributed by atoms with Gasteiger partial charge in [-0.2, -0.15) is 5.10 Å². The highest BCUT2D eigenvalue weighted by molar-refractivity contribution is 7.80. The Kier molecular flexibility index (Phi) is 6.27. The van der Waals surface area contributed by atoms with Gasteiger partial charge in [-0.15, -0.1) is 0 Å². The third-order valence-electron chi connectivity index (χ3n) is 5.17. The Labute approximate surface area is 162 Å². The molecule has 0 bridgehead atoms. The van der Waals surface area contributed by atoms with Crippen LogP contribution >= 0.6 is 12.2 Å².